The molecule has 0 saturated carbocycles. The van der Waals surface area contributed by atoms with Gasteiger partial charge in [-0.05, 0) is 20.4 Å². The molecule has 0 heterocycles. The summed E-state index contributed by atoms with van der Waals surface area (Å²) in [7, 11) is 1.88. The molecule has 1 amide bonds. The first-order valence-electron chi connectivity index (χ1n) is 9.44. The number of likely N-dealkylation sites (N-methyl/N-ethyl adjacent to an activating group) is 1. The van der Waals surface area contributed by atoms with Gasteiger partial charge in [0.1, 0.15) is 6.17 Å². The molecule has 7 nitrogen and oxygen atoms in total. The second kappa shape index (κ2) is 17.6. The number of nitrogens with one attached hydrogen (secondary N) is 2. The molecular formula is C18H37FN2O5. The van der Waals surface area contributed by atoms with Gasteiger partial charge in [-0.3, -0.25) is 4.79 Å². The van der Waals surface area contributed by atoms with Crippen molar-refractivity contribution in [3.05, 3.63) is 0 Å². The van der Waals surface area contributed by atoms with Crippen LogP contribution in [0.1, 0.15) is 27.2 Å². The van der Waals surface area contributed by atoms with Crippen LogP contribution in [0.3, 0.4) is 0 Å². The van der Waals surface area contributed by atoms with Gasteiger partial charge in [0.25, 0.3) is 0 Å². The van der Waals surface area contributed by atoms with E-state index in [0.717, 1.165) is 13.0 Å². The van der Waals surface area contributed by atoms with Crippen LogP contribution in [-0.2, 0) is 23.7 Å². The summed E-state index contributed by atoms with van der Waals surface area (Å²) in [6.45, 7) is 9.57. The summed E-state index contributed by atoms with van der Waals surface area (Å²) in [5, 5.41) is 5.60. The zero-order valence-electron chi connectivity index (χ0n) is 16.7. The Morgan fingerprint density at radius 2 is 1.50 bits per heavy atom. The van der Waals surface area contributed by atoms with Crippen molar-refractivity contribution in [2.75, 3.05) is 66.4 Å². The average molecular weight is 381 g/mol. The molecule has 0 aromatic heterocycles. The minimum absolute atomic E-state index is 0.0323. The Labute approximate surface area is 157 Å². The van der Waals surface area contributed by atoms with E-state index in [1.165, 1.54) is 0 Å². The predicted octanol–water partition coefficient (Wildman–Crippen LogP) is 1.16. The van der Waals surface area contributed by atoms with E-state index < -0.39 is 12.3 Å². The fourth-order valence-electron chi connectivity index (χ4n) is 1.84. The first-order valence-corrected chi connectivity index (χ1v) is 9.44. The Hall–Kier alpha value is -0.800. The highest BCUT2D eigenvalue weighted by atomic mass is 19.1. The third-order valence-corrected chi connectivity index (χ3v) is 3.89. The van der Waals surface area contributed by atoms with Crippen molar-refractivity contribution in [1.29, 1.82) is 0 Å². The van der Waals surface area contributed by atoms with Crippen molar-refractivity contribution in [3.8, 4) is 0 Å². The van der Waals surface area contributed by atoms with Crippen molar-refractivity contribution >= 4 is 5.91 Å². The Morgan fingerprint density at radius 3 is 2.04 bits per heavy atom. The lowest BCUT2D eigenvalue weighted by Gasteiger charge is -2.19. The molecular weight excluding hydrogens is 343 g/mol. The SMILES string of the molecule is CCC(C)C(=O)NCC(F)C(C)OCCOCCOCCOCCNC. The number of halogens is 1. The molecule has 26 heavy (non-hydrogen) atoms. The molecule has 0 aromatic carbocycles. The number of carbonyl (C=O) groups excluding carboxylic acids is 1. The molecule has 0 aliphatic carbocycles. The maximum Gasteiger partial charge on any atom is 0.222 e. The van der Waals surface area contributed by atoms with Gasteiger partial charge in [0.2, 0.25) is 5.91 Å². The second-order valence-corrected chi connectivity index (χ2v) is 6.09. The normalized spacial score (nSPS) is 14.8. The number of hydrogen-bond donors (Lipinski definition) is 2. The fourth-order valence-corrected chi connectivity index (χ4v) is 1.84. The van der Waals surface area contributed by atoms with Crippen molar-refractivity contribution < 1.29 is 28.1 Å². The summed E-state index contributed by atoms with van der Waals surface area (Å²) in [5.41, 5.74) is 0. The monoisotopic (exact) mass is 380 g/mol. The van der Waals surface area contributed by atoms with Crippen LogP contribution < -0.4 is 10.6 Å². The minimum atomic E-state index is -1.24. The molecule has 3 atom stereocenters. The highest BCUT2D eigenvalue weighted by Crippen LogP contribution is 2.04. The topological polar surface area (TPSA) is 78.1 Å². The molecule has 3 unspecified atom stereocenters. The van der Waals surface area contributed by atoms with E-state index in [1.807, 2.05) is 20.9 Å². The van der Waals surface area contributed by atoms with Crippen LogP contribution in [0.15, 0.2) is 0 Å². The smallest absolute Gasteiger partial charge is 0.222 e. The van der Waals surface area contributed by atoms with E-state index in [0.29, 0.717) is 46.2 Å². The number of hydrogen-bond acceptors (Lipinski definition) is 6. The van der Waals surface area contributed by atoms with Crippen molar-refractivity contribution in [2.24, 2.45) is 5.92 Å². The summed E-state index contributed by atoms with van der Waals surface area (Å²) >= 11 is 0. The standard InChI is InChI=1S/C18H37FN2O5/c1-5-15(2)18(22)21-14-17(19)16(3)26-13-12-25-11-10-24-9-8-23-7-6-20-4/h15-17,20H,5-14H2,1-4H3,(H,21,22). The largest absolute Gasteiger partial charge is 0.378 e. The van der Waals surface area contributed by atoms with E-state index in [1.54, 1.807) is 6.92 Å². The Morgan fingerprint density at radius 1 is 0.962 bits per heavy atom. The average Bonchev–Trinajstić information content (AvgIpc) is 2.65. The van der Waals surface area contributed by atoms with Gasteiger partial charge >= 0.3 is 0 Å². The van der Waals surface area contributed by atoms with Gasteiger partial charge < -0.3 is 29.6 Å². The van der Waals surface area contributed by atoms with E-state index in [-0.39, 0.29) is 18.4 Å². The summed E-state index contributed by atoms with van der Waals surface area (Å²) in [5.74, 6) is -0.230. The van der Waals surface area contributed by atoms with E-state index >= 15 is 0 Å². The predicted molar refractivity (Wildman–Crippen MR) is 99.2 cm³/mol. The highest BCUT2D eigenvalue weighted by molar-refractivity contribution is 5.78. The molecule has 0 bridgehead atoms. The van der Waals surface area contributed by atoms with Crippen LogP contribution in [0, 0.1) is 5.92 Å². The number of carbonyl (C=O) groups is 1. The molecule has 0 aromatic rings. The van der Waals surface area contributed by atoms with Gasteiger partial charge in [-0.25, -0.2) is 4.39 Å². The van der Waals surface area contributed by atoms with Crippen LogP contribution in [0.2, 0.25) is 0 Å². The lowest BCUT2D eigenvalue weighted by molar-refractivity contribution is -0.125. The molecule has 156 valence electrons. The van der Waals surface area contributed by atoms with Gasteiger partial charge in [-0.2, -0.15) is 0 Å². The first-order chi connectivity index (χ1) is 12.5. The van der Waals surface area contributed by atoms with E-state index in [4.69, 9.17) is 18.9 Å². The maximum absolute atomic E-state index is 13.9. The zero-order chi connectivity index (χ0) is 19.6. The van der Waals surface area contributed by atoms with Gasteiger partial charge in [0.05, 0.1) is 58.9 Å². The summed E-state index contributed by atoms with van der Waals surface area (Å²) < 4.78 is 35.3. The zero-order valence-corrected chi connectivity index (χ0v) is 16.7. The van der Waals surface area contributed by atoms with Crippen LogP contribution in [0.5, 0.6) is 0 Å². The van der Waals surface area contributed by atoms with Crippen molar-refractivity contribution in [2.45, 2.75) is 39.5 Å². The fraction of sp³-hybridized carbons (Fsp3) is 0.944. The molecule has 0 fully saturated rings. The summed E-state index contributed by atoms with van der Waals surface area (Å²) in [6, 6.07) is 0. The van der Waals surface area contributed by atoms with Gasteiger partial charge in [0, 0.05) is 12.5 Å². The van der Waals surface area contributed by atoms with Gasteiger partial charge in [0.15, 0.2) is 0 Å². The molecule has 2 N–H and O–H groups in total. The van der Waals surface area contributed by atoms with Crippen molar-refractivity contribution in [1.82, 2.24) is 10.6 Å². The third kappa shape index (κ3) is 14.4. The number of rotatable bonds is 18. The molecule has 0 radical (unpaired) electrons. The number of amides is 1. The molecule has 0 aliphatic rings. The lowest BCUT2D eigenvalue weighted by Crippen LogP contribution is -2.38. The first kappa shape index (κ1) is 25.2. The van der Waals surface area contributed by atoms with E-state index in [2.05, 4.69) is 10.6 Å². The van der Waals surface area contributed by atoms with E-state index in [9.17, 15) is 9.18 Å². The van der Waals surface area contributed by atoms with Gasteiger partial charge in [-0.1, -0.05) is 13.8 Å². The molecule has 0 saturated heterocycles. The molecule has 0 spiro atoms. The Bertz CT molecular complexity index is 337. The van der Waals surface area contributed by atoms with Crippen molar-refractivity contribution in [3.63, 3.8) is 0 Å². The molecule has 8 heteroatoms. The van der Waals surface area contributed by atoms with Gasteiger partial charge in [-0.15, -0.1) is 0 Å². The Balaban J connectivity index is 3.45. The van der Waals surface area contributed by atoms with Crippen LogP contribution in [0.25, 0.3) is 0 Å². The van der Waals surface area contributed by atoms with Crippen LogP contribution >= 0.6 is 0 Å². The maximum atomic E-state index is 13.9. The highest BCUT2D eigenvalue weighted by Gasteiger charge is 2.19. The molecule has 0 rings (SSSR count). The quantitative estimate of drug-likeness (QED) is 0.348. The second-order valence-electron chi connectivity index (χ2n) is 6.09. The van der Waals surface area contributed by atoms with Crippen LogP contribution in [-0.4, -0.2) is 84.6 Å². The lowest BCUT2D eigenvalue weighted by atomic mass is 10.1. The Kier molecular flexibility index (Phi) is 17.1. The third-order valence-electron chi connectivity index (χ3n) is 3.89. The number of ether oxygens (including phenoxy) is 4. The van der Waals surface area contributed by atoms with Crippen LogP contribution in [0.4, 0.5) is 4.39 Å². The molecule has 0 aliphatic heterocycles. The minimum Gasteiger partial charge on any atom is -0.378 e. The number of alkyl halides is 1. The summed E-state index contributed by atoms with van der Waals surface area (Å²) in [6.07, 6.45) is -1.10. The summed E-state index contributed by atoms with van der Waals surface area (Å²) in [4.78, 5) is 11.6.